The fraction of sp³-hybridized carbons (Fsp3) is 0.750. The van der Waals surface area contributed by atoms with Crippen molar-refractivity contribution in [3.8, 4) is 0 Å². The minimum atomic E-state index is -0.360. The molecular weight excluding hydrogens is 134 g/mol. The summed E-state index contributed by atoms with van der Waals surface area (Å²) >= 11 is 0. The van der Waals surface area contributed by atoms with Crippen molar-refractivity contribution in [1.82, 2.24) is 0 Å². The topological polar surface area (TPSA) is 9.23 Å². The summed E-state index contributed by atoms with van der Waals surface area (Å²) in [6.45, 7) is 11.3. The van der Waals surface area contributed by atoms with Gasteiger partial charge in [0.1, 0.15) is 0 Å². The van der Waals surface area contributed by atoms with Gasteiger partial charge in [-0.05, 0) is 19.2 Å². The maximum atomic E-state index is 5.87. The van der Waals surface area contributed by atoms with E-state index in [1.54, 1.807) is 13.5 Å². The Kier molecular flexibility index (Phi) is 3.43. The average molecular weight is 149 g/mol. The van der Waals surface area contributed by atoms with Gasteiger partial charge in [0.15, 0.2) is 0 Å². The summed E-state index contributed by atoms with van der Waals surface area (Å²) in [6.07, 6.45) is 0. The second-order valence-electron chi connectivity index (χ2n) is 3.72. The first-order chi connectivity index (χ1) is 4.81. The molecule has 1 nitrogen and oxygen atoms in total. The molecule has 0 heterocycles. The SMILES string of the molecule is [B]C(C)(C)C(C)(C)O[B]C=C. The summed E-state index contributed by atoms with van der Waals surface area (Å²) in [5.41, 5.74) is -0.360. The quantitative estimate of drug-likeness (QED) is 0.554. The minimum absolute atomic E-state index is 0.355. The van der Waals surface area contributed by atoms with E-state index in [-0.39, 0.29) is 10.9 Å². The van der Waals surface area contributed by atoms with Crippen LogP contribution in [0.3, 0.4) is 0 Å². The highest BCUT2D eigenvalue weighted by Gasteiger charge is 2.32. The maximum absolute atomic E-state index is 5.87. The third-order valence-corrected chi connectivity index (χ3v) is 2.01. The molecule has 0 fully saturated rings. The molecule has 59 valence electrons. The molecule has 0 aromatic heterocycles. The molecule has 3 radical (unpaired) electrons. The highest BCUT2D eigenvalue weighted by atomic mass is 16.5. The fourth-order valence-electron chi connectivity index (χ4n) is 0.370. The Balaban J connectivity index is 4.10. The van der Waals surface area contributed by atoms with E-state index in [4.69, 9.17) is 12.5 Å². The van der Waals surface area contributed by atoms with Crippen molar-refractivity contribution in [2.24, 2.45) is 0 Å². The Morgan fingerprint density at radius 2 is 1.82 bits per heavy atom. The molecular formula is C8H15B2O. The van der Waals surface area contributed by atoms with E-state index in [1.807, 2.05) is 27.7 Å². The molecule has 0 bridgehead atoms. The van der Waals surface area contributed by atoms with Gasteiger partial charge in [0.05, 0.1) is 7.85 Å². The van der Waals surface area contributed by atoms with Gasteiger partial charge < -0.3 is 4.65 Å². The first-order valence-corrected chi connectivity index (χ1v) is 3.72. The molecule has 0 aliphatic carbocycles. The lowest BCUT2D eigenvalue weighted by Gasteiger charge is -2.39. The van der Waals surface area contributed by atoms with Gasteiger partial charge >= 0.3 is 7.48 Å². The van der Waals surface area contributed by atoms with Gasteiger partial charge in [0, 0.05) is 5.60 Å². The van der Waals surface area contributed by atoms with Gasteiger partial charge in [0.25, 0.3) is 0 Å². The Hall–Kier alpha value is -0.170. The Labute approximate surface area is 71.9 Å². The van der Waals surface area contributed by atoms with E-state index in [2.05, 4.69) is 6.58 Å². The van der Waals surface area contributed by atoms with Crippen molar-refractivity contribution in [3.05, 3.63) is 12.6 Å². The van der Waals surface area contributed by atoms with Crippen LogP contribution in [-0.2, 0) is 4.65 Å². The molecule has 3 heteroatoms. The van der Waals surface area contributed by atoms with Gasteiger partial charge in [-0.2, -0.15) is 0 Å². The molecule has 0 N–H and O–H groups in total. The molecule has 0 saturated carbocycles. The van der Waals surface area contributed by atoms with Gasteiger partial charge in [-0.3, -0.25) is 0 Å². The molecule has 0 atom stereocenters. The van der Waals surface area contributed by atoms with Crippen molar-refractivity contribution in [2.45, 2.75) is 38.6 Å². The minimum Gasteiger partial charge on any atom is -0.430 e. The summed E-state index contributed by atoms with van der Waals surface area (Å²) in [7, 11) is 7.44. The van der Waals surface area contributed by atoms with Crippen LogP contribution in [0, 0.1) is 0 Å². The first-order valence-electron chi connectivity index (χ1n) is 3.72. The molecule has 0 aliphatic rings. The lowest BCUT2D eigenvalue weighted by molar-refractivity contribution is 0.0764. The van der Waals surface area contributed by atoms with Crippen molar-refractivity contribution >= 4 is 15.3 Å². The molecule has 11 heavy (non-hydrogen) atoms. The molecule has 0 aromatic carbocycles. The Bertz CT molecular complexity index is 136. The van der Waals surface area contributed by atoms with E-state index < -0.39 is 0 Å². The monoisotopic (exact) mass is 149 g/mol. The van der Waals surface area contributed by atoms with E-state index in [0.717, 1.165) is 0 Å². The third-order valence-electron chi connectivity index (χ3n) is 2.01. The van der Waals surface area contributed by atoms with Gasteiger partial charge in [-0.25, -0.2) is 0 Å². The summed E-state index contributed by atoms with van der Waals surface area (Å²) < 4.78 is 5.38. The standard InChI is InChI=1S/C8H15B2O/c1-6-10-11-8(4,5)7(2,3)9/h6H,1H2,2-5H3. The summed E-state index contributed by atoms with van der Waals surface area (Å²) in [5.74, 6) is 1.60. The smallest absolute Gasteiger partial charge is 0.322 e. The molecule has 0 unspecified atom stereocenters. The van der Waals surface area contributed by atoms with Crippen LogP contribution >= 0.6 is 0 Å². The predicted octanol–water partition coefficient (Wildman–Crippen LogP) is 1.91. The lowest BCUT2D eigenvalue weighted by Crippen LogP contribution is -2.37. The van der Waals surface area contributed by atoms with Gasteiger partial charge in [-0.15, -0.1) is 6.58 Å². The average Bonchev–Trinajstić information content (AvgIpc) is 1.81. The van der Waals surface area contributed by atoms with Crippen LogP contribution in [0.2, 0.25) is 5.31 Å². The van der Waals surface area contributed by atoms with Crippen LogP contribution < -0.4 is 0 Å². The van der Waals surface area contributed by atoms with Crippen molar-refractivity contribution in [2.75, 3.05) is 0 Å². The second kappa shape index (κ2) is 3.48. The van der Waals surface area contributed by atoms with Crippen molar-refractivity contribution in [1.29, 1.82) is 0 Å². The van der Waals surface area contributed by atoms with Crippen LogP contribution in [-0.4, -0.2) is 20.9 Å². The lowest BCUT2D eigenvalue weighted by atomic mass is 9.61. The van der Waals surface area contributed by atoms with E-state index in [0.29, 0.717) is 0 Å². The molecule has 0 amide bonds. The van der Waals surface area contributed by atoms with E-state index >= 15 is 0 Å². The van der Waals surface area contributed by atoms with Crippen molar-refractivity contribution in [3.63, 3.8) is 0 Å². The Morgan fingerprint density at radius 1 is 1.36 bits per heavy atom. The second-order valence-corrected chi connectivity index (χ2v) is 3.72. The third kappa shape index (κ3) is 3.15. The van der Waals surface area contributed by atoms with Crippen LogP contribution in [0.1, 0.15) is 27.7 Å². The Morgan fingerprint density at radius 3 is 2.09 bits per heavy atom. The van der Waals surface area contributed by atoms with Crippen LogP contribution in [0.5, 0.6) is 0 Å². The van der Waals surface area contributed by atoms with Crippen molar-refractivity contribution < 1.29 is 4.65 Å². The summed E-state index contributed by atoms with van der Waals surface area (Å²) in [6, 6.07) is 0. The highest BCUT2D eigenvalue weighted by Crippen LogP contribution is 2.36. The fourth-order valence-corrected chi connectivity index (χ4v) is 0.370. The molecule has 0 aromatic rings. The van der Waals surface area contributed by atoms with Gasteiger partial charge in [0.2, 0.25) is 0 Å². The maximum Gasteiger partial charge on any atom is 0.322 e. The van der Waals surface area contributed by atoms with Gasteiger partial charge in [-0.1, -0.05) is 19.8 Å². The predicted molar refractivity (Wildman–Crippen MR) is 50.9 cm³/mol. The highest BCUT2D eigenvalue weighted by molar-refractivity contribution is 6.34. The number of hydrogen-bond acceptors (Lipinski definition) is 1. The number of hydrogen-bond donors (Lipinski definition) is 0. The molecule has 0 rings (SSSR count). The van der Waals surface area contributed by atoms with Crippen LogP contribution in [0.4, 0.5) is 0 Å². The molecule has 0 saturated heterocycles. The largest absolute Gasteiger partial charge is 0.430 e. The van der Waals surface area contributed by atoms with E-state index in [1.165, 1.54) is 0 Å². The zero-order valence-electron chi connectivity index (χ0n) is 7.85. The summed E-state index contributed by atoms with van der Waals surface area (Å²) in [4.78, 5) is 0. The summed E-state index contributed by atoms with van der Waals surface area (Å²) in [5, 5.41) is -0.355. The normalized spacial score (nSPS) is 12.7. The molecule has 0 aliphatic heterocycles. The zero-order valence-corrected chi connectivity index (χ0v) is 7.85. The van der Waals surface area contributed by atoms with Crippen LogP contribution in [0.15, 0.2) is 12.6 Å². The molecule has 0 spiro atoms. The first kappa shape index (κ1) is 10.8. The number of rotatable bonds is 4. The van der Waals surface area contributed by atoms with E-state index in [9.17, 15) is 0 Å². The zero-order chi connectivity index (χ0) is 9.12. The van der Waals surface area contributed by atoms with Crippen LogP contribution in [0.25, 0.3) is 0 Å².